The van der Waals surface area contributed by atoms with E-state index in [0.29, 0.717) is 37.9 Å². The number of hydrogen-bond acceptors (Lipinski definition) is 9. The lowest BCUT2D eigenvalue weighted by atomic mass is 9.45. The molecule has 1 heterocycles. The Balaban J connectivity index is 1.52. The van der Waals surface area contributed by atoms with E-state index in [0.717, 1.165) is 31.3 Å². The van der Waals surface area contributed by atoms with Crippen LogP contribution in [-0.2, 0) is 38.0 Å². The molecule has 0 bridgehead atoms. The van der Waals surface area contributed by atoms with Gasteiger partial charge in [-0.1, -0.05) is 26.3 Å². The Morgan fingerprint density at radius 2 is 1.82 bits per heavy atom. The third kappa shape index (κ3) is 5.02. The van der Waals surface area contributed by atoms with Gasteiger partial charge in [0.05, 0.1) is 26.4 Å². The standard InChI is InChI=1S/C30H46O9/c1-17(27-35-11-12-36-27)21-7-8-22-26-23(9-10-29(21,22)3)30(4)19(14-24(26)39-28(32)34-6)13-20(37-16-33-5)15-25(30)38-18(2)31/h14,17,20-27H,7-13,15-16H2,1-6H3/t17?,20?,21-,22+,23+,24?,25?,26+,29-,30+/m1/s1. The molecule has 1 aliphatic heterocycles. The molecule has 10 atom stereocenters. The van der Waals surface area contributed by atoms with Crippen molar-refractivity contribution in [3.8, 4) is 0 Å². The molecule has 5 rings (SSSR count). The predicted octanol–water partition coefficient (Wildman–Crippen LogP) is 4.87. The number of rotatable bonds is 7. The second-order valence-corrected chi connectivity index (χ2v) is 12.7. The molecular weight excluding hydrogens is 504 g/mol. The lowest BCUT2D eigenvalue weighted by Gasteiger charge is -2.61. The summed E-state index contributed by atoms with van der Waals surface area (Å²) in [4.78, 5) is 24.8. The highest BCUT2D eigenvalue weighted by molar-refractivity contribution is 5.66. The van der Waals surface area contributed by atoms with Crippen molar-refractivity contribution in [1.82, 2.24) is 0 Å². The van der Waals surface area contributed by atoms with Crippen molar-refractivity contribution in [2.75, 3.05) is 34.2 Å². The van der Waals surface area contributed by atoms with E-state index >= 15 is 0 Å². The average Bonchev–Trinajstić information content (AvgIpc) is 3.56. The molecule has 0 N–H and O–H groups in total. The Morgan fingerprint density at radius 1 is 1.08 bits per heavy atom. The van der Waals surface area contributed by atoms with Gasteiger partial charge < -0.3 is 33.2 Å². The highest BCUT2D eigenvalue weighted by atomic mass is 16.7. The number of hydrogen-bond donors (Lipinski definition) is 0. The van der Waals surface area contributed by atoms with Crippen LogP contribution in [0.15, 0.2) is 11.6 Å². The lowest BCUT2D eigenvalue weighted by molar-refractivity contribution is -0.182. The summed E-state index contributed by atoms with van der Waals surface area (Å²) in [6, 6.07) is 0. The molecule has 1 saturated heterocycles. The summed E-state index contributed by atoms with van der Waals surface area (Å²) >= 11 is 0. The van der Waals surface area contributed by atoms with Gasteiger partial charge in [0.15, 0.2) is 6.29 Å². The summed E-state index contributed by atoms with van der Waals surface area (Å²) in [7, 11) is 2.95. The molecular formula is C30H46O9. The third-order valence-electron chi connectivity index (χ3n) is 11.0. The van der Waals surface area contributed by atoms with Crippen molar-refractivity contribution in [3.05, 3.63) is 11.6 Å². The minimum atomic E-state index is -0.665. The van der Waals surface area contributed by atoms with Crippen LogP contribution >= 0.6 is 0 Å². The Hall–Kier alpha value is -1.68. The quantitative estimate of drug-likeness (QED) is 0.250. The molecule has 220 valence electrons. The van der Waals surface area contributed by atoms with Gasteiger partial charge in [0.1, 0.15) is 19.0 Å². The van der Waals surface area contributed by atoms with E-state index in [1.807, 2.05) is 0 Å². The lowest BCUT2D eigenvalue weighted by Crippen LogP contribution is -2.60. The van der Waals surface area contributed by atoms with E-state index in [1.54, 1.807) is 7.11 Å². The van der Waals surface area contributed by atoms with Gasteiger partial charge in [-0.2, -0.15) is 0 Å². The molecule has 4 unspecified atom stereocenters. The molecule has 5 aliphatic rings. The van der Waals surface area contributed by atoms with Gasteiger partial charge >= 0.3 is 12.1 Å². The third-order valence-corrected chi connectivity index (χ3v) is 11.0. The maximum absolute atomic E-state index is 12.5. The number of carbonyl (C=O) groups is 2. The van der Waals surface area contributed by atoms with E-state index in [2.05, 4.69) is 26.8 Å². The van der Waals surface area contributed by atoms with Crippen LogP contribution < -0.4 is 0 Å². The zero-order valence-electron chi connectivity index (χ0n) is 24.3. The fraction of sp³-hybridized carbons (Fsp3) is 0.867. The first kappa shape index (κ1) is 28.8. The highest BCUT2D eigenvalue weighted by Gasteiger charge is 2.65. The fourth-order valence-electron chi connectivity index (χ4n) is 9.33. The van der Waals surface area contributed by atoms with Crippen molar-refractivity contribution in [3.63, 3.8) is 0 Å². The van der Waals surface area contributed by atoms with Crippen LogP contribution in [0.5, 0.6) is 0 Å². The highest BCUT2D eigenvalue weighted by Crippen LogP contribution is 2.68. The van der Waals surface area contributed by atoms with Gasteiger partial charge in [0.2, 0.25) is 0 Å². The minimum Gasteiger partial charge on any atom is -0.462 e. The summed E-state index contributed by atoms with van der Waals surface area (Å²) in [6.45, 7) is 9.89. The van der Waals surface area contributed by atoms with Crippen LogP contribution in [0.1, 0.15) is 66.2 Å². The molecule has 9 nitrogen and oxygen atoms in total. The Bertz CT molecular complexity index is 945. The maximum atomic E-state index is 12.5. The van der Waals surface area contributed by atoms with Gasteiger partial charge in [-0.3, -0.25) is 4.79 Å². The number of carbonyl (C=O) groups excluding carboxylic acids is 2. The molecule has 0 aromatic carbocycles. The Morgan fingerprint density at radius 3 is 2.49 bits per heavy atom. The van der Waals surface area contributed by atoms with Crippen molar-refractivity contribution in [2.24, 2.45) is 40.4 Å². The van der Waals surface area contributed by atoms with E-state index in [9.17, 15) is 9.59 Å². The van der Waals surface area contributed by atoms with Crippen molar-refractivity contribution < 1.29 is 42.7 Å². The molecule has 39 heavy (non-hydrogen) atoms. The number of ether oxygens (including phenoxy) is 7. The first-order valence-electron chi connectivity index (χ1n) is 14.6. The first-order chi connectivity index (χ1) is 18.6. The predicted molar refractivity (Wildman–Crippen MR) is 140 cm³/mol. The largest absolute Gasteiger partial charge is 0.508 e. The second-order valence-electron chi connectivity index (χ2n) is 12.7. The molecule has 3 saturated carbocycles. The van der Waals surface area contributed by atoms with E-state index in [-0.39, 0.29) is 59.8 Å². The smallest absolute Gasteiger partial charge is 0.462 e. The summed E-state index contributed by atoms with van der Waals surface area (Å²) in [5, 5.41) is 0. The molecule has 0 aromatic heterocycles. The first-order valence-corrected chi connectivity index (χ1v) is 14.6. The molecule has 0 radical (unpaired) electrons. The molecule has 0 spiro atoms. The summed E-state index contributed by atoms with van der Waals surface area (Å²) < 4.78 is 40.1. The van der Waals surface area contributed by atoms with Gasteiger partial charge in [-0.05, 0) is 61.3 Å². The molecule has 0 aromatic rings. The van der Waals surface area contributed by atoms with E-state index < -0.39 is 12.3 Å². The van der Waals surface area contributed by atoms with Crippen LogP contribution in [0.2, 0.25) is 0 Å². The number of methoxy groups -OCH3 is 2. The van der Waals surface area contributed by atoms with Gasteiger partial charge in [-0.25, -0.2) is 4.79 Å². The van der Waals surface area contributed by atoms with Gasteiger partial charge in [-0.15, -0.1) is 0 Å². The van der Waals surface area contributed by atoms with Crippen LogP contribution in [-0.4, -0.2) is 71.0 Å². The van der Waals surface area contributed by atoms with Crippen molar-refractivity contribution >= 4 is 12.1 Å². The number of fused-ring (bicyclic) bond motifs is 5. The van der Waals surface area contributed by atoms with E-state index in [1.165, 1.54) is 14.0 Å². The number of esters is 1. The SMILES string of the molecule is COCOC1CC2=CC(OC(=O)OC)[C@H]3[C@@H]4CC[C@H](C(C)C5OCCO5)[C@@]4(C)CC[C@@H]3[C@@]2(C)C(OC(C)=O)C1. The molecule has 0 amide bonds. The summed E-state index contributed by atoms with van der Waals surface area (Å²) in [5.41, 5.74) is 0.822. The van der Waals surface area contributed by atoms with Crippen LogP contribution in [0.3, 0.4) is 0 Å². The second kappa shape index (κ2) is 11.3. The Labute approximate surface area is 232 Å². The maximum Gasteiger partial charge on any atom is 0.508 e. The average molecular weight is 551 g/mol. The molecule has 4 fully saturated rings. The van der Waals surface area contributed by atoms with E-state index in [4.69, 9.17) is 33.2 Å². The zero-order chi connectivity index (χ0) is 27.9. The zero-order valence-corrected chi connectivity index (χ0v) is 24.3. The Kier molecular flexibility index (Phi) is 8.36. The normalized spacial score (nSPS) is 42.5. The van der Waals surface area contributed by atoms with Crippen LogP contribution in [0.4, 0.5) is 4.79 Å². The summed E-state index contributed by atoms with van der Waals surface area (Å²) in [6.07, 6.45) is 5.87. The van der Waals surface area contributed by atoms with Crippen LogP contribution in [0, 0.1) is 40.4 Å². The fourth-order valence-corrected chi connectivity index (χ4v) is 9.33. The molecule has 9 heteroatoms. The van der Waals surface area contributed by atoms with Crippen molar-refractivity contribution in [1.29, 1.82) is 0 Å². The van der Waals surface area contributed by atoms with Crippen LogP contribution in [0.25, 0.3) is 0 Å². The van der Waals surface area contributed by atoms with Crippen molar-refractivity contribution in [2.45, 2.75) is 90.8 Å². The van der Waals surface area contributed by atoms with Gasteiger partial charge in [0.25, 0.3) is 0 Å². The van der Waals surface area contributed by atoms with Gasteiger partial charge in [0, 0.05) is 37.7 Å². The molecule has 4 aliphatic carbocycles. The topological polar surface area (TPSA) is 98.8 Å². The monoisotopic (exact) mass is 550 g/mol. The minimum absolute atomic E-state index is 0.0605. The summed E-state index contributed by atoms with van der Waals surface area (Å²) in [5.74, 6) is 1.07.